The summed E-state index contributed by atoms with van der Waals surface area (Å²) in [4.78, 5) is 38.2. The van der Waals surface area contributed by atoms with Gasteiger partial charge >= 0.3 is 0 Å². The molecule has 0 radical (unpaired) electrons. The zero-order chi connectivity index (χ0) is 19.1. The molecule has 0 bridgehead atoms. The Hall–Kier alpha value is -2.23. The standard InChI is InChI=1S/C16H23N5O4S/c1-4-13(22)19-26(3,25)12-8-18-21-6-5-20(9-11(12)21)15(24)16(2)7-14(23)17-10-16/h8H,4-7,9-10H2,1-3H3,(H,17,23). The third kappa shape index (κ3) is 3.25. The first-order chi connectivity index (χ1) is 12.2. The van der Waals surface area contributed by atoms with E-state index >= 15 is 0 Å². The number of nitrogens with one attached hydrogen (secondary N) is 1. The summed E-state index contributed by atoms with van der Waals surface area (Å²) in [7, 11) is -2.92. The molecule has 1 aromatic rings. The second-order valence-electron chi connectivity index (χ2n) is 7.06. The molecule has 1 fully saturated rings. The minimum Gasteiger partial charge on any atom is -0.355 e. The van der Waals surface area contributed by atoms with E-state index in [0.717, 1.165) is 0 Å². The highest BCUT2D eigenvalue weighted by Gasteiger charge is 2.44. The van der Waals surface area contributed by atoms with E-state index in [4.69, 9.17) is 0 Å². The van der Waals surface area contributed by atoms with Gasteiger partial charge in [-0.3, -0.25) is 19.1 Å². The second-order valence-corrected chi connectivity index (χ2v) is 9.29. The summed E-state index contributed by atoms with van der Waals surface area (Å²) in [5.74, 6) is -0.667. The largest absolute Gasteiger partial charge is 0.355 e. The third-order valence-electron chi connectivity index (χ3n) is 4.85. The molecule has 3 amide bonds. The summed E-state index contributed by atoms with van der Waals surface area (Å²) in [6.07, 6.45) is 3.23. The fourth-order valence-corrected chi connectivity index (χ4v) is 4.79. The molecule has 2 aliphatic heterocycles. The van der Waals surface area contributed by atoms with Crippen molar-refractivity contribution in [2.75, 3.05) is 19.3 Å². The molecular weight excluding hydrogens is 358 g/mol. The Labute approximate surface area is 152 Å². The van der Waals surface area contributed by atoms with E-state index in [9.17, 15) is 18.6 Å². The highest BCUT2D eigenvalue weighted by molar-refractivity contribution is 7.93. The predicted molar refractivity (Wildman–Crippen MR) is 93.4 cm³/mol. The van der Waals surface area contributed by atoms with Gasteiger partial charge in [-0.15, -0.1) is 0 Å². The summed E-state index contributed by atoms with van der Waals surface area (Å²) in [6, 6.07) is 0. The van der Waals surface area contributed by atoms with Gasteiger partial charge in [0.25, 0.3) is 5.91 Å². The van der Waals surface area contributed by atoms with Gasteiger partial charge in [-0.2, -0.15) is 9.46 Å². The maximum absolute atomic E-state index is 12.9. The molecule has 1 saturated heterocycles. The van der Waals surface area contributed by atoms with Gasteiger partial charge in [-0.05, 0) is 6.92 Å². The molecular formula is C16H23N5O4S. The van der Waals surface area contributed by atoms with E-state index in [0.29, 0.717) is 30.2 Å². The summed E-state index contributed by atoms with van der Waals surface area (Å²) in [5.41, 5.74) is -0.138. The van der Waals surface area contributed by atoms with Crippen molar-refractivity contribution in [3.8, 4) is 0 Å². The average molecular weight is 381 g/mol. The van der Waals surface area contributed by atoms with Crippen molar-refractivity contribution in [3.05, 3.63) is 11.9 Å². The summed E-state index contributed by atoms with van der Waals surface area (Å²) < 4.78 is 18.5. The van der Waals surface area contributed by atoms with Crippen LogP contribution in [0, 0.1) is 5.41 Å². The number of fused-ring (bicyclic) bond motifs is 1. The fraction of sp³-hybridized carbons (Fsp3) is 0.625. The Morgan fingerprint density at radius 3 is 2.77 bits per heavy atom. The van der Waals surface area contributed by atoms with Crippen molar-refractivity contribution >= 4 is 27.5 Å². The van der Waals surface area contributed by atoms with Gasteiger partial charge in [0, 0.05) is 32.2 Å². The fourth-order valence-electron chi connectivity index (χ4n) is 3.32. The minimum absolute atomic E-state index is 0.113. The van der Waals surface area contributed by atoms with Crippen LogP contribution < -0.4 is 5.32 Å². The van der Waals surface area contributed by atoms with Gasteiger partial charge in [-0.1, -0.05) is 6.92 Å². The molecule has 2 atom stereocenters. The van der Waals surface area contributed by atoms with Crippen molar-refractivity contribution in [2.45, 2.75) is 44.7 Å². The van der Waals surface area contributed by atoms with Crippen LogP contribution in [0.15, 0.2) is 15.5 Å². The zero-order valence-electron chi connectivity index (χ0n) is 15.2. The Bertz CT molecular complexity index is 898. The third-order valence-corrected chi connectivity index (χ3v) is 6.56. The normalized spacial score (nSPS) is 24.6. The molecule has 10 heteroatoms. The quantitative estimate of drug-likeness (QED) is 0.800. The monoisotopic (exact) mass is 381 g/mol. The Morgan fingerprint density at radius 2 is 2.15 bits per heavy atom. The van der Waals surface area contributed by atoms with Gasteiger partial charge < -0.3 is 10.2 Å². The van der Waals surface area contributed by atoms with E-state index < -0.39 is 21.1 Å². The van der Waals surface area contributed by atoms with Crippen molar-refractivity contribution in [3.63, 3.8) is 0 Å². The van der Waals surface area contributed by atoms with E-state index in [2.05, 4.69) is 14.8 Å². The molecule has 0 saturated carbocycles. The van der Waals surface area contributed by atoms with Crippen LogP contribution in [0.3, 0.4) is 0 Å². The van der Waals surface area contributed by atoms with Crippen LogP contribution in [0.25, 0.3) is 0 Å². The summed E-state index contributed by atoms with van der Waals surface area (Å²) >= 11 is 0. The van der Waals surface area contributed by atoms with Gasteiger partial charge in [0.15, 0.2) is 0 Å². The van der Waals surface area contributed by atoms with Crippen LogP contribution in [0.1, 0.15) is 32.4 Å². The maximum Gasteiger partial charge on any atom is 0.253 e. The number of nitrogens with zero attached hydrogens (tertiary/aromatic N) is 4. The topological polar surface area (TPSA) is 114 Å². The molecule has 9 nitrogen and oxygen atoms in total. The molecule has 3 heterocycles. The van der Waals surface area contributed by atoms with E-state index in [1.807, 2.05) is 0 Å². The Kier molecular flexibility index (Phi) is 4.63. The number of hydrogen-bond acceptors (Lipinski definition) is 5. The van der Waals surface area contributed by atoms with Crippen molar-refractivity contribution < 1.29 is 18.6 Å². The van der Waals surface area contributed by atoms with Gasteiger partial charge in [-0.25, -0.2) is 4.21 Å². The van der Waals surface area contributed by atoms with E-state index in [1.165, 1.54) is 12.5 Å². The number of carbonyl (C=O) groups is 3. The highest BCUT2D eigenvalue weighted by atomic mass is 32.2. The number of carbonyl (C=O) groups excluding carboxylic acids is 3. The van der Waals surface area contributed by atoms with Crippen LogP contribution in [0.5, 0.6) is 0 Å². The molecule has 1 aromatic heterocycles. The van der Waals surface area contributed by atoms with Crippen LogP contribution in [-0.4, -0.2) is 56.0 Å². The number of amides is 3. The SMILES string of the molecule is CCC(=O)N=S(C)(=O)c1cnn2c1CN(C(=O)C1(C)CNC(=O)C1)CC2. The van der Waals surface area contributed by atoms with Crippen molar-refractivity contribution in [1.29, 1.82) is 0 Å². The van der Waals surface area contributed by atoms with Crippen molar-refractivity contribution in [2.24, 2.45) is 9.78 Å². The molecule has 0 spiro atoms. The Morgan fingerprint density at radius 1 is 1.42 bits per heavy atom. The minimum atomic E-state index is -2.92. The number of rotatable bonds is 3. The lowest BCUT2D eigenvalue weighted by molar-refractivity contribution is -0.142. The molecule has 3 rings (SSSR count). The maximum atomic E-state index is 12.9. The molecule has 0 aromatic carbocycles. The molecule has 26 heavy (non-hydrogen) atoms. The first kappa shape index (κ1) is 18.6. The van der Waals surface area contributed by atoms with E-state index in [-0.39, 0.29) is 31.2 Å². The van der Waals surface area contributed by atoms with E-state index in [1.54, 1.807) is 23.4 Å². The van der Waals surface area contributed by atoms with Crippen molar-refractivity contribution in [1.82, 2.24) is 20.0 Å². The lowest BCUT2D eigenvalue weighted by Gasteiger charge is -2.34. The number of aromatic nitrogens is 2. The predicted octanol–water partition coefficient (Wildman–Crippen LogP) is 0.145. The summed E-state index contributed by atoms with van der Waals surface area (Å²) in [5, 5.41) is 6.94. The molecule has 142 valence electrons. The zero-order valence-corrected chi connectivity index (χ0v) is 16.0. The highest BCUT2D eigenvalue weighted by Crippen LogP contribution is 2.31. The Balaban J connectivity index is 1.89. The van der Waals surface area contributed by atoms with Gasteiger partial charge in [0.1, 0.15) is 0 Å². The first-order valence-electron chi connectivity index (χ1n) is 8.52. The van der Waals surface area contributed by atoms with Crippen LogP contribution >= 0.6 is 0 Å². The molecule has 2 aliphatic rings. The van der Waals surface area contributed by atoms with Gasteiger partial charge in [0.05, 0.1) is 45.0 Å². The number of hydrogen-bond donors (Lipinski definition) is 1. The first-order valence-corrected chi connectivity index (χ1v) is 10.4. The van der Waals surface area contributed by atoms with Crippen LogP contribution in [-0.2, 0) is 37.2 Å². The average Bonchev–Trinajstić information content (AvgIpc) is 3.17. The molecule has 1 N–H and O–H groups in total. The lowest BCUT2D eigenvalue weighted by Crippen LogP contribution is -2.47. The lowest BCUT2D eigenvalue weighted by atomic mass is 9.87. The van der Waals surface area contributed by atoms with Crippen LogP contribution in [0.4, 0.5) is 0 Å². The second kappa shape index (κ2) is 6.49. The summed E-state index contributed by atoms with van der Waals surface area (Å²) in [6.45, 7) is 4.92. The van der Waals surface area contributed by atoms with Crippen LogP contribution in [0.2, 0.25) is 0 Å². The molecule has 0 aliphatic carbocycles. The van der Waals surface area contributed by atoms with Gasteiger partial charge in [0.2, 0.25) is 11.8 Å². The smallest absolute Gasteiger partial charge is 0.253 e. The molecule has 2 unspecified atom stereocenters.